The van der Waals surface area contributed by atoms with Crippen molar-refractivity contribution < 1.29 is 28.6 Å². The van der Waals surface area contributed by atoms with E-state index >= 15 is 0 Å². The molecule has 0 heterocycles. The average Bonchev–Trinajstić information content (AvgIpc) is 2.37. The summed E-state index contributed by atoms with van der Waals surface area (Å²) >= 11 is 0. The predicted molar refractivity (Wildman–Crippen MR) is 75.5 cm³/mol. The van der Waals surface area contributed by atoms with Gasteiger partial charge < -0.3 is 19.5 Å². The van der Waals surface area contributed by atoms with E-state index in [0.29, 0.717) is 0 Å². The summed E-state index contributed by atoms with van der Waals surface area (Å²) in [7, 11) is 0. The summed E-state index contributed by atoms with van der Waals surface area (Å²) < 4.78 is 14.4. The van der Waals surface area contributed by atoms with Gasteiger partial charge >= 0.3 is 18.0 Å². The molecule has 0 spiro atoms. The van der Waals surface area contributed by atoms with Gasteiger partial charge in [0.15, 0.2) is 0 Å². The summed E-state index contributed by atoms with van der Waals surface area (Å²) in [4.78, 5) is 33.7. The van der Waals surface area contributed by atoms with Crippen LogP contribution in [-0.4, -0.2) is 44.4 Å². The second-order valence-electron chi connectivity index (χ2n) is 5.36. The van der Waals surface area contributed by atoms with Crippen LogP contribution in [0.4, 0.5) is 4.79 Å². The molecule has 0 bridgehead atoms. The number of amides is 1. The molecule has 7 nitrogen and oxygen atoms in total. The van der Waals surface area contributed by atoms with E-state index in [0.717, 1.165) is 0 Å². The summed E-state index contributed by atoms with van der Waals surface area (Å²) in [6, 6.07) is 0. The molecule has 0 aliphatic rings. The Kier molecular flexibility index (Phi) is 8.11. The molecule has 0 fully saturated rings. The number of carbonyl (C=O) groups excluding carboxylic acids is 3. The zero-order valence-electron chi connectivity index (χ0n) is 13.0. The smallest absolute Gasteiger partial charge is 0.407 e. The van der Waals surface area contributed by atoms with Gasteiger partial charge in [0.1, 0.15) is 19.8 Å². The van der Waals surface area contributed by atoms with Crippen LogP contribution in [0.1, 0.15) is 27.7 Å². The van der Waals surface area contributed by atoms with E-state index in [9.17, 15) is 14.4 Å². The van der Waals surface area contributed by atoms with Crippen LogP contribution in [-0.2, 0) is 23.8 Å². The van der Waals surface area contributed by atoms with Crippen molar-refractivity contribution in [3.05, 3.63) is 12.2 Å². The second-order valence-corrected chi connectivity index (χ2v) is 5.36. The highest BCUT2D eigenvalue weighted by Gasteiger charge is 2.22. The van der Waals surface area contributed by atoms with Crippen LogP contribution in [0, 0.1) is 5.41 Å². The van der Waals surface area contributed by atoms with E-state index in [-0.39, 0.29) is 37.9 Å². The Morgan fingerprint density at radius 1 is 1.00 bits per heavy atom. The van der Waals surface area contributed by atoms with Gasteiger partial charge in [0.05, 0.1) is 12.0 Å². The van der Waals surface area contributed by atoms with Crippen LogP contribution in [0.25, 0.3) is 0 Å². The number of hydrogen-bond acceptors (Lipinski definition) is 6. The van der Waals surface area contributed by atoms with Crippen molar-refractivity contribution >= 4 is 18.0 Å². The number of alkyl carbamates (subject to hydrolysis) is 1. The van der Waals surface area contributed by atoms with Gasteiger partial charge in [0.25, 0.3) is 0 Å². The van der Waals surface area contributed by atoms with E-state index in [1.807, 2.05) is 0 Å². The minimum Gasteiger partial charge on any atom is -0.463 e. The molecule has 0 radical (unpaired) electrons. The van der Waals surface area contributed by atoms with E-state index in [1.54, 1.807) is 20.8 Å². The van der Waals surface area contributed by atoms with Crippen molar-refractivity contribution in [3.63, 3.8) is 0 Å². The molecule has 0 aromatic carbocycles. The van der Waals surface area contributed by atoms with Crippen molar-refractivity contribution in [2.24, 2.45) is 5.41 Å². The van der Waals surface area contributed by atoms with Gasteiger partial charge in [-0.25, -0.2) is 9.59 Å². The molecular formula is C14H23NO6. The minimum atomic E-state index is -0.673. The Labute approximate surface area is 124 Å². The fourth-order valence-corrected chi connectivity index (χ4v) is 0.956. The number of carbonyl (C=O) groups is 3. The van der Waals surface area contributed by atoms with Crippen molar-refractivity contribution in [3.8, 4) is 0 Å². The van der Waals surface area contributed by atoms with Gasteiger partial charge in [-0.3, -0.25) is 4.79 Å². The quantitative estimate of drug-likeness (QED) is 0.331. The molecule has 0 aliphatic carbocycles. The third-order valence-corrected chi connectivity index (χ3v) is 2.12. The Bertz CT molecular complexity index is 397. The fraction of sp³-hybridized carbons (Fsp3) is 0.643. The van der Waals surface area contributed by atoms with E-state index < -0.39 is 17.5 Å². The highest BCUT2D eigenvalue weighted by Crippen LogP contribution is 2.14. The first kappa shape index (κ1) is 18.9. The molecule has 0 atom stereocenters. The summed E-state index contributed by atoms with van der Waals surface area (Å²) in [6.45, 7) is 10.3. The van der Waals surface area contributed by atoms with Crippen molar-refractivity contribution in [2.45, 2.75) is 27.7 Å². The lowest BCUT2D eigenvalue weighted by atomic mass is 9.97. The summed E-state index contributed by atoms with van der Waals surface area (Å²) in [5.74, 6) is -0.877. The molecule has 0 aromatic rings. The lowest BCUT2D eigenvalue weighted by Gasteiger charge is -2.16. The normalized spacial score (nSPS) is 10.5. The van der Waals surface area contributed by atoms with Crippen LogP contribution < -0.4 is 5.32 Å². The summed E-state index contributed by atoms with van der Waals surface area (Å²) in [5, 5.41) is 2.40. The maximum atomic E-state index is 11.4. The highest BCUT2D eigenvalue weighted by atomic mass is 16.6. The minimum absolute atomic E-state index is 0.0435. The monoisotopic (exact) mass is 301 g/mol. The Hall–Kier alpha value is -2.05. The van der Waals surface area contributed by atoms with Crippen molar-refractivity contribution in [2.75, 3.05) is 26.4 Å². The van der Waals surface area contributed by atoms with Gasteiger partial charge in [0.2, 0.25) is 0 Å². The standard InChI is InChI=1S/C14H23NO6/c1-10(2)11(16)19-8-9-21-13(18)15-6-7-20-12(17)14(3,4)5/h1,6-9H2,2-5H3,(H,15,18). The first-order valence-corrected chi connectivity index (χ1v) is 6.55. The summed E-state index contributed by atoms with van der Waals surface area (Å²) in [6.07, 6.45) is -0.673. The van der Waals surface area contributed by atoms with Gasteiger partial charge in [-0.2, -0.15) is 0 Å². The summed E-state index contributed by atoms with van der Waals surface area (Å²) in [5.41, 5.74) is -0.298. The van der Waals surface area contributed by atoms with Gasteiger partial charge in [-0.1, -0.05) is 6.58 Å². The third kappa shape index (κ3) is 9.48. The van der Waals surface area contributed by atoms with E-state index in [2.05, 4.69) is 11.9 Å². The van der Waals surface area contributed by atoms with Crippen LogP contribution in [0.15, 0.2) is 12.2 Å². The maximum absolute atomic E-state index is 11.4. The third-order valence-electron chi connectivity index (χ3n) is 2.12. The number of hydrogen-bond donors (Lipinski definition) is 1. The van der Waals surface area contributed by atoms with Gasteiger partial charge in [0, 0.05) is 5.57 Å². The molecular weight excluding hydrogens is 278 g/mol. The molecule has 0 unspecified atom stereocenters. The average molecular weight is 301 g/mol. The first-order valence-electron chi connectivity index (χ1n) is 6.55. The molecule has 0 rings (SSSR count). The van der Waals surface area contributed by atoms with E-state index in [1.165, 1.54) is 6.92 Å². The molecule has 120 valence electrons. The SMILES string of the molecule is C=C(C)C(=O)OCCOC(=O)NCCOC(=O)C(C)(C)C. The zero-order valence-corrected chi connectivity index (χ0v) is 13.0. The van der Waals surface area contributed by atoms with Crippen molar-refractivity contribution in [1.29, 1.82) is 0 Å². The maximum Gasteiger partial charge on any atom is 0.407 e. The molecule has 21 heavy (non-hydrogen) atoms. The first-order chi connectivity index (χ1) is 9.64. The van der Waals surface area contributed by atoms with Crippen molar-refractivity contribution in [1.82, 2.24) is 5.32 Å². The number of rotatable bonds is 7. The Morgan fingerprint density at radius 3 is 2.10 bits per heavy atom. The van der Waals surface area contributed by atoms with Gasteiger partial charge in [-0.05, 0) is 27.7 Å². The highest BCUT2D eigenvalue weighted by molar-refractivity contribution is 5.86. The molecule has 1 amide bonds. The lowest BCUT2D eigenvalue weighted by Crippen LogP contribution is -2.31. The Morgan fingerprint density at radius 2 is 1.57 bits per heavy atom. The number of esters is 2. The number of ether oxygens (including phenoxy) is 3. The van der Waals surface area contributed by atoms with Crippen LogP contribution >= 0.6 is 0 Å². The van der Waals surface area contributed by atoms with Crippen LogP contribution in [0.2, 0.25) is 0 Å². The zero-order chi connectivity index (χ0) is 16.5. The van der Waals surface area contributed by atoms with Crippen LogP contribution in [0.5, 0.6) is 0 Å². The van der Waals surface area contributed by atoms with E-state index in [4.69, 9.17) is 14.2 Å². The number of nitrogens with one attached hydrogen (secondary N) is 1. The molecule has 0 saturated carbocycles. The molecule has 0 aliphatic heterocycles. The topological polar surface area (TPSA) is 90.9 Å². The second kappa shape index (κ2) is 8.99. The fourth-order valence-electron chi connectivity index (χ4n) is 0.956. The molecule has 7 heteroatoms. The lowest BCUT2D eigenvalue weighted by molar-refractivity contribution is -0.152. The Balaban J connectivity index is 3.62. The molecule has 1 N–H and O–H groups in total. The largest absolute Gasteiger partial charge is 0.463 e. The van der Waals surface area contributed by atoms with Crippen LogP contribution in [0.3, 0.4) is 0 Å². The predicted octanol–water partition coefficient (Wildman–Crippen LogP) is 1.42. The molecule has 0 aromatic heterocycles. The molecule has 0 saturated heterocycles. The van der Waals surface area contributed by atoms with Gasteiger partial charge in [-0.15, -0.1) is 0 Å².